The number of nitrogens with one attached hydrogen (secondary N) is 1. The van der Waals surface area contributed by atoms with Crippen LogP contribution < -0.4 is 10.2 Å². The van der Waals surface area contributed by atoms with Gasteiger partial charge in [-0.25, -0.2) is 0 Å². The van der Waals surface area contributed by atoms with Crippen LogP contribution in [0.5, 0.6) is 0 Å². The number of nitrogens with zero attached hydrogens (tertiary/aromatic N) is 2. The molecule has 1 N–H and O–H groups in total. The topological polar surface area (TPSA) is 35.4 Å². The highest BCUT2D eigenvalue weighted by molar-refractivity contribution is 6.07. The first-order valence-electron chi connectivity index (χ1n) is 19.1. The lowest BCUT2D eigenvalue weighted by molar-refractivity contribution is -0.438. The van der Waals surface area contributed by atoms with Crippen LogP contribution in [0.15, 0.2) is 121 Å². The Morgan fingerprint density at radius 2 is 1.39 bits per heavy atom. The molecule has 0 radical (unpaired) electrons. The fourth-order valence-corrected chi connectivity index (χ4v) is 8.42. The summed E-state index contributed by atoms with van der Waals surface area (Å²) in [7, 11) is 1.71. The Kier molecular flexibility index (Phi) is 11.1. The Labute approximate surface area is 306 Å². The molecular weight excluding hydrogens is 623 g/mol. The van der Waals surface area contributed by atoms with Crippen molar-refractivity contribution in [3.8, 4) is 0 Å². The minimum absolute atomic E-state index is 0.0912. The third-order valence-corrected chi connectivity index (χ3v) is 11.0. The smallest absolute Gasteiger partial charge is 0.219 e. The molecule has 0 saturated carbocycles. The van der Waals surface area contributed by atoms with Crippen LogP contribution in [0.25, 0.3) is 21.5 Å². The van der Waals surface area contributed by atoms with Gasteiger partial charge in [-0.1, -0.05) is 119 Å². The van der Waals surface area contributed by atoms with Crippen LogP contribution >= 0.6 is 0 Å². The molecule has 0 atom stereocenters. The van der Waals surface area contributed by atoms with E-state index in [1.165, 1.54) is 74.7 Å². The average Bonchev–Trinajstić information content (AvgIpc) is 3.49. The fourth-order valence-electron chi connectivity index (χ4n) is 8.42. The van der Waals surface area contributed by atoms with Crippen molar-refractivity contribution >= 4 is 44.5 Å². The van der Waals surface area contributed by atoms with Gasteiger partial charge in [0.25, 0.3) is 0 Å². The van der Waals surface area contributed by atoms with Crippen LogP contribution in [0.2, 0.25) is 0 Å². The van der Waals surface area contributed by atoms with Gasteiger partial charge in [0.2, 0.25) is 11.6 Å². The molecule has 4 aromatic rings. The highest BCUT2D eigenvalue weighted by atomic mass is 16.1. The Morgan fingerprint density at radius 3 is 2.12 bits per heavy atom. The number of fused-ring (bicyclic) bond motifs is 6. The van der Waals surface area contributed by atoms with E-state index in [4.69, 9.17) is 0 Å². The van der Waals surface area contributed by atoms with E-state index in [1.54, 1.807) is 7.05 Å². The van der Waals surface area contributed by atoms with E-state index in [0.29, 0.717) is 6.42 Å². The average molecular weight is 679 g/mol. The summed E-state index contributed by atoms with van der Waals surface area (Å²) in [5, 5.41) is 8.02. The van der Waals surface area contributed by atoms with Gasteiger partial charge in [-0.05, 0) is 78.4 Å². The number of carbonyl (C=O) groups excluding carboxylic acids is 1. The van der Waals surface area contributed by atoms with Gasteiger partial charge in [-0.3, -0.25) is 4.79 Å². The summed E-state index contributed by atoms with van der Waals surface area (Å²) in [4.78, 5) is 14.3. The van der Waals surface area contributed by atoms with E-state index in [-0.39, 0.29) is 16.7 Å². The van der Waals surface area contributed by atoms with Crippen LogP contribution in [-0.4, -0.2) is 36.3 Å². The molecule has 0 spiro atoms. The number of unbranched alkanes of at least 4 members (excludes halogenated alkanes) is 4. The molecule has 2 heterocycles. The van der Waals surface area contributed by atoms with Gasteiger partial charge >= 0.3 is 0 Å². The first kappa shape index (κ1) is 36.1. The van der Waals surface area contributed by atoms with Gasteiger partial charge in [-0.2, -0.15) is 4.58 Å². The molecule has 264 valence electrons. The molecule has 0 aromatic heterocycles. The number of amides is 1. The summed E-state index contributed by atoms with van der Waals surface area (Å²) in [5.74, 6) is 0.122. The van der Waals surface area contributed by atoms with Gasteiger partial charge in [0.1, 0.15) is 6.54 Å². The van der Waals surface area contributed by atoms with Gasteiger partial charge in [0.05, 0.1) is 5.41 Å². The predicted octanol–water partition coefficient (Wildman–Crippen LogP) is 11.2. The molecule has 0 saturated heterocycles. The van der Waals surface area contributed by atoms with E-state index in [9.17, 15) is 4.79 Å². The summed E-state index contributed by atoms with van der Waals surface area (Å²) in [5.41, 5.74) is 7.95. The monoisotopic (exact) mass is 678 g/mol. The lowest BCUT2D eigenvalue weighted by Crippen LogP contribution is -2.28. The number of allylic oxidation sites excluding steroid dienone is 8. The molecule has 4 nitrogen and oxygen atoms in total. The van der Waals surface area contributed by atoms with E-state index in [0.717, 1.165) is 32.4 Å². The van der Waals surface area contributed by atoms with Crippen molar-refractivity contribution in [2.45, 2.75) is 90.4 Å². The number of hydrogen-bond acceptors (Lipinski definition) is 2. The second-order valence-electron chi connectivity index (χ2n) is 15.2. The summed E-state index contributed by atoms with van der Waals surface area (Å²) in [6.07, 6.45) is 22.7. The number of rotatable bonds is 14. The first-order valence-corrected chi connectivity index (χ1v) is 19.1. The van der Waals surface area contributed by atoms with Gasteiger partial charge in [-0.15, -0.1) is 0 Å². The second-order valence-corrected chi connectivity index (χ2v) is 15.2. The van der Waals surface area contributed by atoms with E-state index < -0.39 is 0 Å². The van der Waals surface area contributed by atoms with Crippen LogP contribution in [0.1, 0.15) is 90.7 Å². The molecule has 4 heteroatoms. The van der Waals surface area contributed by atoms with E-state index >= 15 is 0 Å². The van der Waals surface area contributed by atoms with E-state index in [1.807, 2.05) is 0 Å². The van der Waals surface area contributed by atoms with Crippen molar-refractivity contribution in [1.82, 2.24) is 5.32 Å². The SMILES string of the molecule is CCCCCN1/C(=C/C=C/C=C/C=C/C2=[N+](CCCCCC(=O)NC)c3ccc4ccccc4c3C2(C)C)C(C)(C)c2c1ccc1ccccc21. The zero-order chi connectivity index (χ0) is 36.0. The largest absolute Gasteiger partial charge is 0.359 e. The fraction of sp³-hybridized carbons (Fsp3) is 0.362. The Morgan fingerprint density at radius 1 is 0.725 bits per heavy atom. The number of hydrogen-bond donors (Lipinski definition) is 1. The van der Waals surface area contributed by atoms with Crippen molar-refractivity contribution in [3.63, 3.8) is 0 Å². The van der Waals surface area contributed by atoms with Crippen molar-refractivity contribution in [2.24, 2.45) is 0 Å². The standard InChI is InChI=1S/C47H55N3O/c1-7-8-20-33-49-39-31-29-35-22-16-18-24-37(35)44(39)46(2,3)41(49)26-13-10-9-11-14-27-42-47(4,5)45-38-25-19-17-23-36(38)30-32-40(45)50(42)34-21-12-15-28-43(51)48-6/h9-11,13-14,16-19,22-27,29-32H,7-8,12,15,20-21,28,33-34H2,1-6H3/p+1. The molecule has 2 aliphatic heterocycles. The zero-order valence-corrected chi connectivity index (χ0v) is 31.6. The summed E-state index contributed by atoms with van der Waals surface area (Å²) in [6.45, 7) is 13.7. The Bertz CT molecular complexity index is 2050. The minimum atomic E-state index is -0.142. The zero-order valence-electron chi connectivity index (χ0n) is 31.6. The second kappa shape index (κ2) is 15.7. The Hall–Kier alpha value is -4.70. The minimum Gasteiger partial charge on any atom is -0.359 e. The van der Waals surface area contributed by atoms with Gasteiger partial charge < -0.3 is 10.2 Å². The van der Waals surface area contributed by atoms with Crippen molar-refractivity contribution < 1.29 is 9.37 Å². The summed E-state index contributed by atoms with van der Waals surface area (Å²) >= 11 is 0. The van der Waals surface area contributed by atoms with Crippen LogP contribution in [0, 0.1) is 0 Å². The first-order chi connectivity index (χ1) is 24.7. The summed E-state index contributed by atoms with van der Waals surface area (Å²) < 4.78 is 2.52. The van der Waals surface area contributed by atoms with Crippen LogP contribution in [-0.2, 0) is 15.6 Å². The molecule has 4 aromatic carbocycles. The molecule has 0 aliphatic carbocycles. The van der Waals surface area contributed by atoms with Gasteiger partial charge in [0, 0.05) is 60.9 Å². The third kappa shape index (κ3) is 7.24. The molecule has 1 amide bonds. The predicted molar refractivity (Wildman–Crippen MR) is 219 cm³/mol. The molecule has 2 aliphatic rings. The Balaban J connectivity index is 1.24. The third-order valence-electron chi connectivity index (χ3n) is 11.0. The molecule has 51 heavy (non-hydrogen) atoms. The lowest BCUT2D eigenvalue weighted by Gasteiger charge is -2.27. The maximum atomic E-state index is 11.8. The number of benzene rings is 4. The molecule has 0 fully saturated rings. The quantitative estimate of drug-likeness (QED) is 0.0818. The summed E-state index contributed by atoms with van der Waals surface area (Å²) in [6, 6.07) is 26.7. The van der Waals surface area contributed by atoms with Crippen molar-refractivity contribution in [3.05, 3.63) is 132 Å². The maximum Gasteiger partial charge on any atom is 0.219 e. The molecular formula is C47H56N3O+. The number of anilines is 1. The number of carbonyl (C=O) groups is 1. The highest BCUT2D eigenvalue weighted by Crippen LogP contribution is 2.51. The van der Waals surface area contributed by atoms with Crippen LogP contribution in [0.3, 0.4) is 0 Å². The van der Waals surface area contributed by atoms with Crippen molar-refractivity contribution in [2.75, 3.05) is 25.0 Å². The van der Waals surface area contributed by atoms with Gasteiger partial charge in [0.15, 0.2) is 5.71 Å². The maximum absolute atomic E-state index is 11.8. The lowest BCUT2D eigenvalue weighted by atomic mass is 9.79. The molecule has 0 bridgehead atoms. The van der Waals surface area contributed by atoms with Crippen molar-refractivity contribution in [1.29, 1.82) is 0 Å². The molecule has 0 unspecified atom stereocenters. The van der Waals surface area contributed by atoms with E-state index in [2.05, 4.69) is 165 Å². The molecule has 6 rings (SSSR count). The van der Waals surface area contributed by atoms with Crippen LogP contribution in [0.4, 0.5) is 11.4 Å². The normalized spacial score (nSPS) is 17.2. The highest BCUT2D eigenvalue weighted by Gasteiger charge is 2.45.